The summed E-state index contributed by atoms with van der Waals surface area (Å²) < 4.78 is 10.6. The lowest BCUT2D eigenvalue weighted by atomic mass is 9.47. The molecule has 150 valence electrons. The van der Waals surface area contributed by atoms with Gasteiger partial charge in [-0.2, -0.15) is 4.89 Å². The molecule has 4 saturated carbocycles. The number of phenols is 1. The van der Waals surface area contributed by atoms with Gasteiger partial charge in [-0.1, -0.05) is 12.1 Å². The van der Waals surface area contributed by atoms with Crippen LogP contribution >= 0.6 is 0 Å². The number of hydrogen-bond acceptors (Lipinski definition) is 6. The number of carbonyl (C=O) groups excluding carboxylic acids is 1. The second kappa shape index (κ2) is 6.31. The van der Waals surface area contributed by atoms with Gasteiger partial charge in [0, 0.05) is 24.3 Å². The van der Waals surface area contributed by atoms with Crippen molar-refractivity contribution >= 4 is 12.0 Å². The number of benzene rings is 1. The first-order valence-electron chi connectivity index (χ1n) is 10.0. The monoisotopic (exact) mass is 386 g/mol. The fourth-order valence-corrected chi connectivity index (χ4v) is 6.47. The zero-order chi connectivity index (χ0) is 19.5. The lowest BCUT2D eigenvalue weighted by Crippen LogP contribution is -2.76. The van der Waals surface area contributed by atoms with Gasteiger partial charge < -0.3 is 14.6 Å². The molecule has 1 aromatic rings. The summed E-state index contributed by atoms with van der Waals surface area (Å²) in [5.41, 5.74) is 0.798. The normalized spacial score (nSPS) is 40.8. The van der Waals surface area contributed by atoms with Crippen LogP contribution < -0.4 is 0 Å². The van der Waals surface area contributed by atoms with Gasteiger partial charge in [-0.15, -0.1) is 0 Å². The van der Waals surface area contributed by atoms with E-state index in [0.717, 1.165) is 43.1 Å². The summed E-state index contributed by atoms with van der Waals surface area (Å²) in [4.78, 5) is 23.0. The van der Waals surface area contributed by atoms with Gasteiger partial charge in [0.05, 0.1) is 7.11 Å². The van der Waals surface area contributed by atoms with Gasteiger partial charge in [0.25, 0.3) is 5.79 Å². The zero-order valence-electron chi connectivity index (χ0n) is 16.2. The molecule has 1 atom stereocenters. The summed E-state index contributed by atoms with van der Waals surface area (Å²) >= 11 is 0. The average molecular weight is 386 g/mol. The minimum Gasteiger partial charge on any atom is -0.507 e. The number of ether oxygens (including phenoxy) is 2. The van der Waals surface area contributed by atoms with Gasteiger partial charge in [0.15, 0.2) is 5.60 Å². The molecule has 4 bridgehead atoms. The highest BCUT2D eigenvalue weighted by Crippen LogP contribution is 2.69. The molecule has 5 aliphatic rings. The molecule has 1 unspecified atom stereocenters. The fraction of sp³-hybridized carbons (Fsp3) is 0.591. The third-order valence-electron chi connectivity index (χ3n) is 7.46. The lowest BCUT2D eigenvalue weighted by molar-refractivity contribution is -0.645. The molecule has 1 aliphatic heterocycles. The van der Waals surface area contributed by atoms with Crippen molar-refractivity contribution in [3.8, 4) is 5.75 Å². The Morgan fingerprint density at radius 1 is 1.11 bits per heavy atom. The first-order valence-corrected chi connectivity index (χ1v) is 10.0. The number of phenolic OH excluding ortho intramolecular Hbond substituents is 1. The van der Waals surface area contributed by atoms with Gasteiger partial charge in [-0.05, 0) is 67.9 Å². The summed E-state index contributed by atoms with van der Waals surface area (Å²) in [6, 6.07) is 5.31. The van der Waals surface area contributed by atoms with Crippen LogP contribution in [0.2, 0.25) is 0 Å². The Labute approximate surface area is 164 Å². The molecular weight excluding hydrogens is 360 g/mol. The van der Waals surface area contributed by atoms with Crippen LogP contribution in [0.25, 0.3) is 6.08 Å². The quantitative estimate of drug-likeness (QED) is 0.485. The van der Waals surface area contributed by atoms with Crippen molar-refractivity contribution in [2.24, 2.45) is 23.7 Å². The molecule has 0 amide bonds. The maximum absolute atomic E-state index is 11.3. The predicted octanol–water partition coefficient (Wildman–Crippen LogP) is 3.53. The highest BCUT2D eigenvalue weighted by atomic mass is 17.3. The minimum atomic E-state index is -1.00. The van der Waals surface area contributed by atoms with Crippen LogP contribution in [-0.2, 0) is 29.8 Å². The molecule has 28 heavy (non-hydrogen) atoms. The fourth-order valence-electron chi connectivity index (χ4n) is 6.47. The predicted molar refractivity (Wildman–Crippen MR) is 99.8 cm³/mol. The molecule has 1 aromatic carbocycles. The molecule has 0 radical (unpaired) electrons. The molecule has 1 spiro atoms. The third kappa shape index (κ3) is 2.28. The first-order chi connectivity index (χ1) is 13.5. The highest BCUT2D eigenvalue weighted by Gasteiger charge is 2.76. The van der Waals surface area contributed by atoms with Gasteiger partial charge in [-0.3, -0.25) is 0 Å². The summed E-state index contributed by atoms with van der Waals surface area (Å²) in [7, 11) is 2.97. The zero-order valence-corrected chi connectivity index (χ0v) is 16.2. The van der Waals surface area contributed by atoms with Crippen molar-refractivity contribution in [2.75, 3.05) is 14.2 Å². The van der Waals surface area contributed by atoms with Crippen LogP contribution in [-0.4, -0.2) is 30.9 Å². The van der Waals surface area contributed by atoms with Crippen molar-refractivity contribution in [3.63, 3.8) is 0 Å². The standard InChI is InChI=1S/C22H26O6/c1-25-20(24)6-4-15-3-5-16(12-19(15)23)22(26-2)21(27-28-22)17-8-13-7-14(10-17)11-18(21)9-13/h3-6,12-14,17-18,23H,7-11H2,1-2H3/b6-4+. The van der Waals surface area contributed by atoms with E-state index in [-0.39, 0.29) is 5.75 Å². The Bertz CT molecular complexity index is 798. The Morgan fingerprint density at radius 2 is 1.79 bits per heavy atom. The number of methoxy groups -OCH3 is 2. The van der Waals surface area contributed by atoms with Crippen LogP contribution in [0.15, 0.2) is 24.3 Å². The van der Waals surface area contributed by atoms with E-state index in [4.69, 9.17) is 14.5 Å². The van der Waals surface area contributed by atoms with Gasteiger partial charge in [-0.25, -0.2) is 9.68 Å². The van der Waals surface area contributed by atoms with E-state index in [1.54, 1.807) is 19.2 Å². The second-order valence-electron chi connectivity index (χ2n) is 8.71. The smallest absolute Gasteiger partial charge is 0.330 e. The summed E-state index contributed by atoms with van der Waals surface area (Å²) in [5.74, 6) is 1.01. The average Bonchev–Trinajstić information content (AvgIpc) is 2.66. The van der Waals surface area contributed by atoms with Crippen molar-refractivity contribution in [2.45, 2.75) is 43.5 Å². The van der Waals surface area contributed by atoms with Crippen LogP contribution in [0.5, 0.6) is 5.75 Å². The molecule has 6 heteroatoms. The van der Waals surface area contributed by atoms with Crippen molar-refractivity contribution < 1.29 is 29.1 Å². The molecule has 0 aromatic heterocycles. The summed E-state index contributed by atoms with van der Waals surface area (Å²) in [6.45, 7) is 0. The van der Waals surface area contributed by atoms with E-state index in [1.807, 2.05) is 6.07 Å². The van der Waals surface area contributed by atoms with Gasteiger partial charge >= 0.3 is 5.97 Å². The molecule has 1 heterocycles. The molecule has 1 N–H and O–H groups in total. The SMILES string of the molecule is COC(=O)/C=C/c1ccc(C2(OC)OOC23C2CC4CC(C2)CC3C4)cc1O. The van der Waals surface area contributed by atoms with Crippen molar-refractivity contribution in [1.29, 1.82) is 0 Å². The summed E-state index contributed by atoms with van der Waals surface area (Å²) in [6.07, 6.45) is 8.80. The Kier molecular flexibility index (Phi) is 4.09. The van der Waals surface area contributed by atoms with E-state index >= 15 is 0 Å². The van der Waals surface area contributed by atoms with Gasteiger partial charge in [0.1, 0.15) is 5.75 Å². The molecule has 6 rings (SSSR count). The maximum Gasteiger partial charge on any atom is 0.330 e. The van der Waals surface area contributed by atoms with Crippen LogP contribution in [0.1, 0.15) is 43.2 Å². The van der Waals surface area contributed by atoms with E-state index in [1.165, 1.54) is 25.7 Å². The molecule has 4 aliphatic carbocycles. The largest absolute Gasteiger partial charge is 0.507 e. The number of hydrogen-bond donors (Lipinski definition) is 1. The van der Waals surface area contributed by atoms with E-state index < -0.39 is 17.4 Å². The van der Waals surface area contributed by atoms with E-state index in [9.17, 15) is 9.90 Å². The molecular formula is C22H26O6. The minimum absolute atomic E-state index is 0.0588. The van der Waals surface area contributed by atoms with Crippen molar-refractivity contribution in [1.82, 2.24) is 0 Å². The highest BCUT2D eigenvalue weighted by molar-refractivity contribution is 5.87. The van der Waals surface area contributed by atoms with E-state index in [2.05, 4.69) is 4.74 Å². The second-order valence-corrected chi connectivity index (χ2v) is 8.71. The lowest BCUT2D eigenvalue weighted by Gasteiger charge is -2.68. The van der Waals surface area contributed by atoms with Crippen LogP contribution in [0.4, 0.5) is 0 Å². The maximum atomic E-state index is 11.3. The Balaban J connectivity index is 1.50. The first kappa shape index (κ1) is 18.2. The number of rotatable bonds is 4. The molecule has 1 saturated heterocycles. The number of esters is 1. The molecule has 5 fully saturated rings. The number of carbonyl (C=O) groups is 1. The van der Waals surface area contributed by atoms with Crippen LogP contribution in [0, 0.1) is 23.7 Å². The van der Waals surface area contributed by atoms with Crippen molar-refractivity contribution in [3.05, 3.63) is 35.4 Å². The van der Waals surface area contributed by atoms with Crippen LogP contribution in [0.3, 0.4) is 0 Å². The molecule has 6 nitrogen and oxygen atoms in total. The van der Waals surface area contributed by atoms with E-state index in [0.29, 0.717) is 17.4 Å². The Morgan fingerprint density at radius 3 is 2.29 bits per heavy atom. The third-order valence-corrected chi connectivity index (χ3v) is 7.46. The Hall–Kier alpha value is -1.89. The van der Waals surface area contributed by atoms with Gasteiger partial charge in [0.2, 0.25) is 0 Å². The summed E-state index contributed by atoms with van der Waals surface area (Å²) in [5, 5.41) is 10.5. The number of aromatic hydroxyl groups is 1. The topological polar surface area (TPSA) is 74.2 Å².